The van der Waals surface area contributed by atoms with E-state index in [0.717, 1.165) is 44.3 Å². The van der Waals surface area contributed by atoms with Crippen LogP contribution >= 0.6 is 12.4 Å². The molecule has 0 bridgehead atoms. The lowest BCUT2D eigenvalue weighted by Crippen LogP contribution is -2.48. The second kappa shape index (κ2) is 8.20. The van der Waals surface area contributed by atoms with E-state index in [4.69, 9.17) is 0 Å². The molecule has 0 aromatic carbocycles. The molecule has 3 rings (SSSR count). The van der Waals surface area contributed by atoms with Crippen molar-refractivity contribution in [2.24, 2.45) is 17.3 Å². The standard InChI is InChI=1S/C19H34N2O.ClH/c1-15(2)14-19(9-3-4-10-19)18(22)21-12-7-16(8-13-21)17-6-5-11-20-17;/h15-17,20H,3-14H2,1-2H3;1H. The summed E-state index contributed by atoms with van der Waals surface area (Å²) in [5, 5.41) is 3.66. The number of likely N-dealkylation sites (tertiary alicyclic amines) is 1. The molecule has 23 heavy (non-hydrogen) atoms. The molecule has 1 unspecified atom stereocenters. The molecule has 0 aromatic rings. The van der Waals surface area contributed by atoms with Crippen LogP contribution in [0, 0.1) is 17.3 Å². The van der Waals surface area contributed by atoms with Crippen molar-refractivity contribution in [1.82, 2.24) is 10.2 Å². The minimum atomic E-state index is -0.00733. The van der Waals surface area contributed by atoms with Crippen LogP contribution in [0.1, 0.15) is 71.6 Å². The van der Waals surface area contributed by atoms with Crippen LogP contribution in [0.4, 0.5) is 0 Å². The third-order valence-electron chi connectivity index (χ3n) is 6.31. The van der Waals surface area contributed by atoms with Crippen LogP contribution in [0.25, 0.3) is 0 Å². The van der Waals surface area contributed by atoms with E-state index >= 15 is 0 Å². The quantitative estimate of drug-likeness (QED) is 0.837. The van der Waals surface area contributed by atoms with Crippen LogP contribution in [-0.4, -0.2) is 36.5 Å². The summed E-state index contributed by atoms with van der Waals surface area (Å²) in [5.41, 5.74) is -0.00733. The molecule has 4 heteroatoms. The van der Waals surface area contributed by atoms with Crippen LogP contribution in [-0.2, 0) is 4.79 Å². The minimum absolute atomic E-state index is 0. The number of nitrogens with zero attached hydrogens (tertiary/aromatic N) is 1. The first-order valence-corrected chi connectivity index (χ1v) is 9.63. The topological polar surface area (TPSA) is 32.3 Å². The van der Waals surface area contributed by atoms with E-state index in [0.29, 0.717) is 11.8 Å². The molecule has 1 aliphatic carbocycles. The van der Waals surface area contributed by atoms with Gasteiger partial charge in [0.05, 0.1) is 0 Å². The zero-order valence-electron chi connectivity index (χ0n) is 15.0. The van der Waals surface area contributed by atoms with E-state index in [9.17, 15) is 4.79 Å². The smallest absolute Gasteiger partial charge is 0.228 e. The van der Waals surface area contributed by atoms with Crippen LogP contribution < -0.4 is 5.32 Å². The maximum Gasteiger partial charge on any atom is 0.228 e. The number of nitrogens with one attached hydrogen (secondary N) is 1. The highest BCUT2D eigenvalue weighted by Crippen LogP contribution is 2.45. The highest BCUT2D eigenvalue weighted by atomic mass is 35.5. The van der Waals surface area contributed by atoms with Crippen molar-refractivity contribution in [3.8, 4) is 0 Å². The molecule has 134 valence electrons. The Balaban J connectivity index is 0.00000192. The van der Waals surface area contributed by atoms with Crippen LogP contribution in [0.2, 0.25) is 0 Å². The van der Waals surface area contributed by atoms with Gasteiger partial charge in [0.15, 0.2) is 0 Å². The summed E-state index contributed by atoms with van der Waals surface area (Å²) in [5.74, 6) is 1.93. The van der Waals surface area contributed by atoms with E-state index in [1.165, 1.54) is 45.1 Å². The van der Waals surface area contributed by atoms with Gasteiger partial charge in [-0.15, -0.1) is 12.4 Å². The van der Waals surface area contributed by atoms with Crippen molar-refractivity contribution in [1.29, 1.82) is 0 Å². The molecule has 0 radical (unpaired) electrons. The fourth-order valence-electron chi connectivity index (χ4n) is 5.29. The average Bonchev–Trinajstić information content (AvgIpc) is 3.18. The number of rotatable bonds is 4. The predicted octanol–water partition coefficient (Wildman–Crippen LogP) is 4.01. The SMILES string of the molecule is CC(C)CC1(C(=O)N2CCC(C3CCCN3)CC2)CCCC1.Cl. The Labute approximate surface area is 148 Å². The Hall–Kier alpha value is -0.280. The summed E-state index contributed by atoms with van der Waals surface area (Å²) in [6.45, 7) is 7.74. The number of piperidine rings is 1. The largest absolute Gasteiger partial charge is 0.342 e. The van der Waals surface area contributed by atoms with Gasteiger partial charge in [0, 0.05) is 24.5 Å². The van der Waals surface area contributed by atoms with Gasteiger partial charge in [-0.05, 0) is 63.3 Å². The fourth-order valence-corrected chi connectivity index (χ4v) is 5.29. The number of carbonyl (C=O) groups is 1. The van der Waals surface area contributed by atoms with Gasteiger partial charge in [0.2, 0.25) is 5.91 Å². The fraction of sp³-hybridized carbons (Fsp3) is 0.947. The number of hydrogen-bond acceptors (Lipinski definition) is 2. The molecule has 0 aromatic heterocycles. The van der Waals surface area contributed by atoms with E-state index in [2.05, 4.69) is 24.1 Å². The summed E-state index contributed by atoms with van der Waals surface area (Å²) < 4.78 is 0. The highest BCUT2D eigenvalue weighted by Gasteiger charge is 2.44. The van der Waals surface area contributed by atoms with Gasteiger partial charge in [0.25, 0.3) is 0 Å². The third kappa shape index (κ3) is 4.22. The van der Waals surface area contributed by atoms with E-state index < -0.39 is 0 Å². The molecular weight excluding hydrogens is 308 g/mol. The normalized spacial score (nSPS) is 28.1. The lowest BCUT2D eigenvalue weighted by atomic mass is 9.76. The summed E-state index contributed by atoms with van der Waals surface area (Å²) in [6, 6.07) is 0.730. The van der Waals surface area contributed by atoms with Crippen molar-refractivity contribution >= 4 is 18.3 Å². The van der Waals surface area contributed by atoms with E-state index in [-0.39, 0.29) is 17.8 Å². The lowest BCUT2D eigenvalue weighted by Gasteiger charge is -2.40. The summed E-state index contributed by atoms with van der Waals surface area (Å²) in [4.78, 5) is 15.4. The van der Waals surface area contributed by atoms with Gasteiger partial charge in [-0.3, -0.25) is 4.79 Å². The van der Waals surface area contributed by atoms with Crippen molar-refractivity contribution in [3.05, 3.63) is 0 Å². The third-order valence-corrected chi connectivity index (χ3v) is 6.31. The molecular formula is C19H35ClN2O. The van der Waals surface area contributed by atoms with Gasteiger partial charge in [0.1, 0.15) is 0 Å². The van der Waals surface area contributed by atoms with Crippen molar-refractivity contribution in [2.75, 3.05) is 19.6 Å². The van der Waals surface area contributed by atoms with E-state index in [1.807, 2.05) is 0 Å². The van der Waals surface area contributed by atoms with Gasteiger partial charge in [-0.1, -0.05) is 26.7 Å². The highest BCUT2D eigenvalue weighted by molar-refractivity contribution is 5.85. The summed E-state index contributed by atoms with van der Waals surface area (Å²) in [7, 11) is 0. The molecule has 1 atom stereocenters. The summed E-state index contributed by atoms with van der Waals surface area (Å²) >= 11 is 0. The van der Waals surface area contributed by atoms with Crippen molar-refractivity contribution in [2.45, 2.75) is 77.7 Å². The Bertz CT molecular complexity index is 379. The first-order chi connectivity index (χ1) is 10.6. The second-order valence-electron chi connectivity index (χ2n) is 8.42. The zero-order chi connectivity index (χ0) is 15.6. The predicted molar refractivity (Wildman–Crippen MR) is 97.9 cm³/mol. The summed E-state index contributed by atoms with van der Waals surface area (Å²) in [6.07, 6.45) is 11.0. The number of halogens is 1. The van der Waals surface area contributed by atoms with Gasteiger partial charge >= 0.3 is 0 Å². The Kier molecular flexibility index (Phi) is 6.79. The van der Waals surface area contributed by atoms with Crippen LogP contribution in [0.3, 0.4) is 0 Å². The molecule has 2 aliphatic heterocycles. The zero-order valence-corrected chi connectivity index (χ0v) is 15.8. The maximum absolute atomic E-state index is 13.2. The lowest BCUT2D eigenvalue weighted by molar-refractivity contribution is -0.144. The van der Waals surface area contributed by atoms with E-state index in [1.54, 1.807) is 0 Å². The molecule has 3 nitrogen and oxygen atoms in total. The Morgan fingerprint density at radius 3 is 2.30 bits per heavy atom. The van der Waals surface area contributed by atoms with Crippen LogP contribution in [0.5, 0.6) is 0 Å². The first-order valence-electron chi connectivity index (χ1n) is 9.63. The monoisotopic (exact) mass is 342 g/mol. The Morgan fingerprint density at radius 1 is 1.13 bits per heavy atom. The van der Waals surface area contributed by atoms with Crippen LogP contribution in [0.15, 0.2) is 0 Å². The molecule has 1 N–H and O–H groups in total. The van der Waals surface area contributed by atoms with Gasteiger partial charge in [-0.2, -0.15) is 0 Å². The number of amides is 1. The molecule has 1 amide bonds. The van der Waals surface area contributed by atoms with Crippen molar-refractivity contribution < 1.29 is 4.79 Å². The molecule has 0 spiro atoms. The number of carbonyl (C=O) groups excluding carboxylic acids is 1. The maximum atomic E-state index is 13.2. The molecule has 2 heterocycles. The molecule has 3 fully saturated rings. The Morgan fingerprint density at radius 2 is 1.78 bits per heavy atom. The molecule has 2 saturated heterocycles. The van der Waals surface area contributed by atoms with Crippen molar-refractivity contribution in [3.63, 3.8) is 0 Å². The molecule has 1 saturated carbocycles. The average molecular weight is 343 g/mol. The first kappa shape index (κ1) is 19.1. The minimum Gasteiger partial charge on any atom is -0.342 e. The second-order valence-corrected chi connectivity index (χ2v) is 8.42. The number of hydrogen-bond donors (Lipinski definition) is 1. The van der Waals surface area contributed by atoms with Gasteiger partial charge in [-0.25, -0.2) is 0 Å². The molecule has 3 aliphatic rings. The van der Waals surface area contributed by atoms with Gasteiger partial charge < -0.3 is 10.2 Å².